The lowest BCUT2D eigenvalue weighted by molar-refractivity contribution is 0.151. The second kappa shape index (κ2) is 9.40. The minimum absolute atomic E-state index is 0. The van der Waals surface area contributed by atoms with Crippen molar-refractivity contribution in [3.05, 3.63) is 23.5 Å². The number of phenols is 1. The largest absolute Gasteiger partial charge is 0.505 e. The molecule has 0 aliphatic carbocycles. The lowest BCUT2D eigenvalue weighted by Crippen LogP contribution is -2.45. The van der Waals surface area contributed by atoms with E-state index in [0.717, 1.165) is 38.2 Å². The van der Waals surface area contributed by atoms with Crippen LogP contribution in [0.2, 0.25) is 0 Å². The summed E-state index contributed by atoms with van der Waals surface area (Å²) >= 11 is 0. The Bertz CT molecular complexity index is 468. The smallest absolute Gasteiger partial charge is 0.149 e. The van der Waals surface area contributed by atoms with E-state index in [0.29, 0.717) is 5.92 Å². The fourth-order valence-electron chi connectivity index (χ4n) is 2.78. The van der Waals surface area contributed by atoms with E-state index in [1.54, 1.807) is 6.07 Å². The molecule has 1 aromatic rings. The first-order valence-corrected chi connectivity index (χ1v) is 7.22. The van der Waals surface area contributed by atoms with Crippen LogP contribution < -0.4 is 11.1 Å². The number of aromatic hydroxyl groups is 1. The minimum Gasteiger partial charge on any atom is -0.505 e. The Morgan fingerprint density at radius 2 is 1.86 bits per heavy atom. The van der Waals surface area contributed by atoms with Crippen LogP contribution in [0.3, 0.4) is 0 Å². The van der Waals surface area contributed by atoms with Gasteiger partial charge >= 0.3 is 0 Å². The summed E-state index contributed by atoms with van der Waals surface area (Å²) in [5, 5.41) is 13.5. The Balaban J connectivity index is 0.00000220. The van der Waals surface area contributed by atoms with Crippen LogP contribution in [-0.4, -0.2) is 36.2 Å². The van der Waals surface area contributed by atoms with E-state index >= 15 is 0 Å². The number of nitrogens with one attached hydrogen (secondary N) is 1. The third kappa shape index (κ3) is 4.88. The fourth-order valence-corrected chi connectivity index (χ4v) is 2.78. The van der Waals surface area contributed by atoms with Gasteiger partial charge in [0.1, 0.15) is 17.3 Å². The third-order valence-electron chi connectivity index (χ3n) is 3.84. The lowest BCUT2D eigenvalue weighted by atomic mass is 9.93. The van der Waals surface area contributed by atoms with Crippen LogP contribution in [-0.2, 0) is 0 Å². The van der Waals surface area contributed by atoms with Crippen LogP contribution in [0.1, 0.15) is 31.9 Å². The van der Waals surface area contributed by atoms with Gasteiger partial charge in [-0.2, -0.15) is 0 Å². The monoisotopic (exact) mass is 353 g/mol. The van der Waals surface area contributed by atoms with Gasteiger partial charge in [-0.25, -0.2) is 4.39 Å². The number of halogens is 3. The molecule has 1 aromatic carbocycles. The van der Waals surface area contributed by atoms with E-state index in [1.807, 2.05) is 0 Å². The molecule has 0 aromatic heterocycles. The van der Waals surface area contributed by atoms with Crippen molar-refractivity contribution in [3.8, 4) is 5.75 Å². The van der Waals surface area contributed by atoms with Crippen LogP contribution in [0.25, 0.3) is 0 Å². The molecule has 1 saturated heterocycles. The Morgan fingerprint density at radius 3 is 2.41 bits per heavy atom. The van der Waals surface area contributed by atoms with E-state index in [2.05, 4.69) is 24.1 Å². The van der Waals surface area contributed by atoms with Gasteiger partial charge in [-0.1, -0.05) is 19.9 Å². The highest BCUT2D eigenvalue weighted by atomic mass is 35.5. The SMILES string of the molecule is CC(C)C[C@H](c1ccc(F)c(N)c1O)N1CCNCC1.Cl.Cl. The van der Waals surface area contributed by atoms with Crippen molar-refractivity contribution in [1.29, 1.82) is 0 Å². The van der Waals surface area contributed by atoms with Gasteiger partial charge in [-0.15, -0.1) is 24.8 Å². The maximum atomic E-state index is 13.4. The standard InChI is InChI=1S/C15H24FN3O.2ClH/c1-10(2)9-13(19-7-5-18-6-8-19)11-3-4-12(16)14(17)15(11)20;;/h3-4,10,13,18,20H,5-9,17H2,1-2H3;2*1H/t13-;;/m1../s1. The predicted molar refractivity (Wildman–Crippen MR) is 93.6 cm³/mol. The van der Waals surface area contributed by atoms with Crippen LogP contribution in [0, 0.1) is 11.7 Å². The van der Waals surface area contributed by atoms with Crippen molar-refractivity contribution in [2.45, 2.75) is 26.3 Å². The van der Waals surface area contributed by atoms with E-state index < -0.39 is 5.82 Å². The normalized spacial score (nSPS) is 16.7. The van der Waals surface area contributed by atoms with Crippen molar-refractivity contribution in [1.82, 2.24) is 10.2 Å². The van der Waals surface area contributed by atoms with Gasteiger partial charge in [-0.3, -0.25) is 4.90 Å². The van der Waals surface area contributed by atoms with Gasteiger partial charge in [0.15, 0.2) is 0 Å². The average Bonchev–Trinajstić information content (AvgIpc) is 2.44. The molecule has 22 heavy (non-hydrogen) atoms. The summed E-state index contributed by atoms with van der Waals surface area (Å²) in [6.45, 7) is 8.03. The van der Waals surface area contributed by atoms with Crippen molar-refractivity contribution in [3.63, 3.8) is 0 Å². The topological polar surface area (TPSA) is 61.5 Å². The van der Waals surface area contributed by atoms with Crippen LogP contribution in [0.15, 0.2) is 12.1 Å². The maximum absolute atomic E-state index is 13.4. The van der Waals surface area contributed by atoms with E-state index in [4.69, 9.17) is 5.73 Å². The number of nitrogens with zero attached hydrogens (tertiary/aromatic N) is 1. The highest BCUT2D eigenvalue weighted by molar-refractivity contribution is 5.85. The number of nitrogens with two attached hydrogens (primary N) is 1. The molecular weight excluding hydrogens is 328 g/mol. The zero-order valence-corrected chi connectivity index (χ0v) is 14.6. The molecule has 0 radical (unpaired) electrons. The first kappa shape index (κ1) is 21.2. The van der Waals surface area contributed by atoms with Gasteiger partial charge in [0, 0.05) is 37.8 Å². The second-order valence-electron chi connectivity index (χ2n) is 5.83. The van der Waals surface area contributed by atoms with Crippen molar-refractivity contribution >= 4 is 30.5 Å². The van der Waals surface area contributed by atoms with Crippen molar-refractivity contribution in [2.75, 3.05) is 31.9 Å². The van der Waals surface area contributed by atoms with E-state index in [9.17, 15) is 9.50 Å². The zero-order chi connectivity index (χ0) is 14.7. The van der Waals surface area contributed by atoms with Crippen LogP contribution >= 0.6 is 24.8 Å². The van der Waals surface area contributed by atoms with Crippen molar-refractivity contribution in [2.24, 2.45) is 5.92 Å². The minimum atomic E-state index is -0.560. The number of piperazine rings is 1. The molecule has 128 valence electrons. The van der Waals surface area contributed by atoms with E-state index in [1.165, 1.54) is 6.07 Å². The van der Waals surface area contributed by atoms with Crippen LogP contribution in [0.5, 0.6) is 5.75 Å². The molecule has 1 aliphatic rings. The molecule has 7 heteroatoms. The number of hydrogen-bond donors (Lipinski definition) is 3. The molecule has 1 fully saturated rings. The maximum Gasteiger partial charge on any atom is 0.149 e. The molecule has 1 atom stereocenters. The summed E-state index contributed by atoms with van der Waals surface area (Å²) in [5.74, 6) is -0.176. The van der Waals surface area contributed by atoms with Crippen molar-refractivity contribution < 1.29 is 9.50 Å². The first-order valence-electron chi connectivity index (χ1n) is 7.22. The second-order valence-corrected chi connectivity index (χ2v) is 5.83. The predicted octanol–water partition coefficient (Wildman–Crippen LogP) is 2.95. The summed E-state index contributed by atoms with van der Waals surface area (Å²) in [6, 6.07) is 3.09. The summed E-state index contributed by atoms with van der Waals surface area (Å²) in [4.78, 5) is 2.34. The zero-order valence-electron chi connectivity index (χ0n) is 13.0. The molecule has 1 aliphatic heterocycles. The molecule has 0 bridgehead atoms. The summed E-state index contributed by atoms with van der Waals surface area (Å²) in [5.41, 5.74) is 6.21. The quantitative estimate of drug-likeness (QED) is 0.575. The fraction of sp³-hybridized carbons (Fsp3) is 0.600. The molecule has 4 nitrogen and oxygen atoms in total. The van der Waals surface area contributed by atoms with Gasteiger partial charge in [0.25, 0.3) is 0 Å². The summed E-state index contributed by atoms with van der Waals surface area (Å²) in [7, 11) is 0. The highest BCUT2D eigenvalue weighted by Gasteiger charge is 2.26. The number of benzene rings is 1. The third-order valence-corrected chi connectivity index (χ3v) is 3.84. The first-order chi connectivity index (χ1) is 9.50. The molecule has 1 heterocycles. The number of nitrogen functional groups attached to an aromatic ring is 1. The Hall–Kier alpha value is -0.750. The molecule has 0 saturated carbocycles. The van der Waals surface area contributed by atoms with Gasteiger partial charge in [0.2, 0.25) is 0 Å². The summed E-state index contributed by atoms with van der Waals surface area (Å²) in [6.07, 6.45) is 0.915. The van der Waals surface area contributed by atoms with Gasteiger partial charge in [-0.05, 0) is 18.4 Å². The van der Waals surface area contributed by atoms with Crippen LogP contribution in [0.4, 0.5) is 10.1 Å². The van der Waals surface area contributed by atoms with Gasteiger partial charge in [0.05, 0.1) is 0 Å². The summed E-state index contributed by atoms with van der Waals surface area (Å²) < 4.78 is 13.4. The van der Waals surface area contributed by atoms with E-state index in [-0.39, 0.29) is 42.3 Å². The number of hydrogen-bond acceptors (Lipinski definition) is 4. The number of phenolic OH excluding ortho intramolecular Hbond substituents is 1. The molecular formula is C15H26Cl2FN3O. The Labute approximate surface area is 144 Å². The molecule has 0 unspecified atom stereocenters. The van der Waals surface area contributed by atoms with Gasteiger partial charge < -0.3 is 16.2 Å². The molecule has 0 amide bonds. The Morgan fingerprint density at radius 1 is 1.27 bits per heavy atom. The highest BCUT2D eigenvalue weighted by Crippen LogP contribution is 2.37. The number of rotatable bonds is 4. The number of anilines is 1. The molecule has 0 spiro atoms. The lowest BCUT2D eigenvalue weighted by Gasteiger charge is -2.36. The molecule has 4 N–H and O–H groups in total. The Kier molecular flexibility index (Phi) is 9.08. The molecule has 2 rings (SSSR count). The average molecular weight is 354 g/mol.